The first-order valence-electron chi connectivity index (χ1n) is 10.9. The second-order valence-corrected chi connectivity index (χ2v) is 10.3. The predicted octanol–water partition coefficient (Wildman–Crippen LogP) is 3.75. The molecule has 2 amide bonds. The lowest BCUT2D eigenvalue weighted by atomic mass is 10.1. The molecule has 180 valence electrons. The van der Waals surface area contributed by atoms with Crippen molar-refractivity contribution in [2.45, 2.75) is 46.2 Å². The number of sulfonamides is 1. The topological polar surface area (TPSA) is 86.8 Å². The molecule has 0 aliphatic carbocycles. The molecule has 0 fully saturated rings. The number of likely N-dealkylation sites (N-methyl/N-ethyl adjacent to an activating group) is 1. The molecule has 0 radical (unpaired) electrons. The highest BCUT2D eigenvalue weighted by Gasteiger charge is 2.26. The fourth-order valence-electron chi connectivity index (χ4n) is 3.43. The van der Waals surface area contributed by atoms with Gasteiger partial charge in [0.15, 0.2) is 0 Å². The van der Waals surface area contributed by atoms with Crippen molar-refractivity contribution in [3.63, 3.8) is 0 Å². The van der Waals surface area contributed by atoms with E-state index in [1.165, 1.54) is 4.31 Å². The summed E-state index contributed by atoms with van der Waals surface area (Å²) in [5.41, 5.74) is 2.47. The van der Waals surface area contributed by atoms with E-state index in [1.807, 2.05) is 38.1 Å². The number of hydrogen-bond acceptors (Lipinski definition) is 4. The number of halogens is 1. The van der Waals surface area contributed by atoms with Gasteiger partial charge in [0.2, 0.25) is 21.8 Å². The first kappa shape index (κ1) is 26.7. The van der Waals surface area contributed by atoms with Crippen LogP contribution in [-0.2, 0) is 26.2 Å². The van der Waals surface area contributed by atoms with Gasteiger partial charge in [0.1, 0.15) is 6.04 Å². The van der Waals surface area contributed by atoms with Crippen LogP contribution < -0.4 is 9.62 Å². The van der Waals surface area contributed by atoms with E-state index in [1.54, 1.807) is 36.1 Å². The molecule has 0 bridgehead atoms. The van der Waals surface area contributed by atoms with Crippen LogP contribution in [0, 0.1) is 6.92 Å². The van der Waals surface area contributed by atoms with E-state index in [-0.39, 0.29) is 24.8 Å². The maximum absolute atomic E-state index is 13.1. The van der Waals surface area contributed by atoms with Gasteiger partial charge in [-0.3, -0.25) is 13.9 Å². The van der Waals surface area contributed by atoms with Gasteiger partial charge in [-0.05, 0) is 51.0 Å². The summed E-state index contributed by atoms with van der Waals surface area (Å²) in [6.45, 7) is 6.40. The van der Waals surface area contributed by atoms with E-state index in [0.29, 0.717) is 30.2 Å². The molecule has 1 atom stereocenters. The van der Waals surface area contributed by atoms with Crippen LogP contribution in [-0.4, -0.2) is 50.5 Å². The molecule has 0 aliphatic heterocycles. The number of carbonyl (C=O) groups is 2. The Morgan fingerprint density at radius 1 is 1.12 bits per heavy atom. The van der Waals surface area contributed by atoms with E-state index in [4.69, 9.17) is 11.6 Å². The highest BCUT2D eigenvalue weighted by molar-refractivity contribution is 7.92. The van der Waals surface area contributed by atoms with Crippen LogP contribution in [0.15, 0.2) is 48.5 Å². The number of anilines is 1. The first-order valence-corrected chi connectivity index (χ1v) is 13.1. The quantitative estimate of drug-likeness (QED) is 0.516. The second-order valence-electron chi connectivity index (χ2n) is 8.00. The van der Waals surface area contributed by atoms with Crippen molar-refractivity contribution in [1.82, 2.24) is 10.2 Å². The van der Waals surface area contributed by atoms with Gasteiger partial charge in [-0.2, -0.15) is 0 Å². The van der Waals surface area contributed by atoms with E-state index >= 15 is 0 Å². The van der Waals surface area contributed by atoms with Crippen molar-refractivity contribution in [3.8, 4) is 0 Å². The number of amides is 2. The Labute approximate surface area is 201 Å². The minimum Gasteiger partial charge on any atom is -0.355 e. The minimum absolute atomic E-state index is 0.0994. The summed E-state index contributed by atoms with van der Waals surface area (Å²) in [6.07, 6.45) is 1.52. The molecule has 0 aliphatic rings. The smallest absolute Gasteiger partial charge is 0.242 e. The molecule has 33 heavy (non-hydrogen) atoms. The van der Waals surface area contributed by atoms with Crippen LogP contribution in [0.3, 0.4) is 0 Å². The maximum atomic E-state index is 13.1. The molecule has 0 aromatic heterocycles. The number of nitrogens with zero attached hydrogens (tertiary/aromatic N) is 2. The molecular weight excluding hydrogens is 462 g/mol. The Hall–Kier alpha value is -2.58. The third-order valence-electron chi connectivity index (χ3n) is 5.24. The minimum atomic E-state index is -3.56. The average Bonchev–Trinajstić information content (AvgIpc) is 2.75. The Morgan fingerprint density at radius 3 is 2.36 bits per heavy atom. The van der Waals surface area contributed by atoms with Gasteiger partial charge < -0.3 is 10.2 Å². The molecule has 0 saturated carbocycles. The number of nitrogens with one attached hydrogen (secondary N) is 1. The zero-order chi connectivity index (χ0) is 24.6. The number of hydrogen-bond donors (Lipinski definition) is 1. The summed E-state index contributed by atoms with van der Waals surface area (Å²) in [7, 11) is -3.56. The van der Waals surface area contributed by atoms with E-state index < -0.39 is 16.1 Å². The van der Waals surface area contributed by atoms with Crippen LogP contribution in [0.2, 0.25) is 5.02 Å². The highest BCUT2D eigenvalue weighted by atomic mass is 35.5. The van der Waals surface area contributed by atoms with Crippen LogP contribution in [0.4, 0.5) is 5.69 Å². The molecule has 2 aromatic carbocycles. The molecular formula is C24H32ClN3O4S. The van der Waals surface area contributed by atoms with E-state index in [9.17, 15) is 18.0 Å². The van der Waals surface area contributed by atoms with Gasteiger partial charge in [0.05, 0.1) is 11.9 Å². The second kappa shape index (κ2) is 12.0. The zero-order valence-corrected chi connectivity index (χ0v) is 21.1. The van der Waals surface area contributed by atoms with Crippen molar-refractivity contribution in [2.75, 3.05) is 23.7 Å². The number of rotatable bonds is 11. The summed E-state index contributed by atoms with van der Waals surface area (Å²) in [4.78, 5) is 27.1. The summed E-state index contributed by atoms with van der Waals surface area (Å²) < 4.78 is 25.9. The third kappa shape index (κ3) is 8.05. The Bertz CT molecular complexity index is 1060. The molecule has 0 saturated heterocycles. The lowest BCUT2D eigenvalue weighted by Gasteiger charge is -2.29. The van der Waals surface area contributed by atoms with E-state index in [2.05, 4.69) is 5.32 Å². The standard InChI is InChI=1S/C24H32ClN3O4S/c1-5-26-24(30)19(3)27(17-20-13-11-18(2)12-14-20)23(29)10-7-15-28(33(4,31)32)22-9-6-8-21(25)16-22/h6,8-9,11-14,16,19H,5,7,10,15,17H2,1-4H3,(H,26,30)/t19-/m0/s1. The summed E-state index contributed by atoms with van der Waals surface area (Å²) >= 11 is 6.02. The monoisotopic (exact) mass is 493 g/mol. The number of aryl methyl sites for hydroxylation is 1. The van der Waals surface area contributed by atoms with Crippen LogP contribution in [0.5, 0.6) is 0 Å². The molecule has 0 unspecified atom stereocenters. The zero-order valence-electron chi connectivity index (χ0n) is 19.5. The molecule has 0 spiro atoms. The normalized spacial score (nSPS) is 12.2. The van der Waals surface area contributed by atoms with Crippen molar-refractivity contribution in [2.24, 2.45) is 0 Å². The average molecular weight is 494 g/mol. The third-order valence-corrected chi connectivity index (χ3v) is 6.67. The molecule has 9 heteroatoms. The van der Waals surface area contributed by atoms with Crippen LogP contribution >= 0.6 is 11.6 Å². The Balaban J connectivity index is 2.14. The first-order chi connectivity index (χ1) is 15.5. The summed E-state index contributed by atoms with van der Waals surface area (Å²) in [6, 6.07) is 13.7. The molecule has 1 N–H and O–H groups in total. The SMILES string of the molecule is CCNC(=O)[C@H](C)N(Cc1ccc(C)cc1)C(=O)CCCN(c1cccc(Cl)c1)S(C)(=O)=O. The summed E-state index contributed by atoms with van der Waals surface area (Å²) in [5.74, 6) is -0.441. The Morgan fingerprint density at radius 2 is 1.79 bits per heavy atom. The number of benzene rings is 2. The number of carbonyl (C=O) groups excluding carboxylic acids is 2. The van der Waals surface area contributed by atoms with Crippen LogP contribution in [0.1, 0.15) is 37.8 Å². The molecule has 7 nitrogen and oxygen atoms in total. The van der Waals surface area contributed by atoms with Crippen molar-refractivity contribution < 1.29 is 18.0 Å². The van der Waals surface area contributed by atoms with Crippen molar-refractivity contribution in [3.05, 3.63) is 64.7 Å². The van der Waals surface area contributed by atoms with Gasteiger partial charge in [0.25, 0.3) is 0 Å². The van der Waals surface area contributed by atoms with E-state index in [0.717, 1.165) is 17.4 Å². The van der Waals surface area contributed by atoms with Crippen LogP contribution in [0.25, 0.3) is 0 Å². The summed E-state index contributed by atoms with van der Waals surface area (Å²) in [5, 5.41) is 3.19. The van der Waals surface area contributed by atoms with Gasteiger partial charge in [-0.1, -0.05) is 47.5 Å². The van der Waals surface area contributed by atoms with Gasteiger partial charge >= 0.3 is 0 Å². The lowest BCUT2D eigenvalue weighted by molar-refractivity contribution is -0.140. The van der Waals surface area contributed by atoms with Gasteiger partial charge in [-0.25, -0.2) is 8.42 Å². The maximum Gasteiger partial charge on any atom is 0.242 e. The van der Waals surface area contributed by atoms with Gasteiger partial charge in [0, 0.05) is 31.1 Å². The van der Waals surface area contributed by atoms with Crippen molar-refractivity contribution in [1.29, 1.82) is 0 Å². The molecule has 2 rings (SSSR count). The largest absolute Gasteiger partial charge is 0.355 e. The molecule has 2 aromatic rings. The Kier molecular flexibility index (Phi) is 9.73. The fraction of sp³-hybridized carbons (Fsp3) is 0.417. The lowest BCUT2D eigenvalue weighted by Crippen LogP contribution is -2.47. The van der Waals surface area contributed by atoms with Crippen molar-refractivity contribution >= 4 is 39.1 Å². The fourth-order valence-corrected chi connectivity index (χ4v) is 4.57. The van der Waals surface area contributed by atoms with Gasteiger partial charge in [-0.15, -0.1) is 0 Å². The molecule has 0 heterocycles. The highest BCUT2D eigenvalue weighted by Crippen LogP contribution is 2.22. The predicted molar refractivity (Wildman–Crippen MR) is 133 cm³/mol.